The van der Waals surface area contributed by atoms with E-state index in [4.69, 9.17) is 17.4 Å². The quantitative estimate of drug-likeness (QED) is 0.595. The van der Waals surface area contributed by atoms with Crippen LogP contribution >= 0.6 is 11.6 Å². The van der Waals surface area contributed by atoms with Gasteiger partial charge in [-0.3, -0.25) is 11.3 Å². The van der Waals surface area contributed by atoms with Crippen molar-refractivity contribution in [1.82, 2.24) is 5.43 Å². The van der Waals surface area contributed by atoms with E-state index in [2.05, 4.69) is 32.3 Å². The van der Waals surface area contributed by atoms with Crippen molar-refractivity contribution in [3.63, 3.8) is 0 Å². The molecule has 0 aliphatic carbocycles. The van der Waals surface area contributed by atoms with Crippen LogP contribution in [0.1, 0.15) is 50.3 Å². The lowest BCUT2D eigenvalue weighted by molar-refractivity contribution is 0.454. The second kappa shape index (κ2) is 7.00. The van der Waals surface area contributed by atoms with Crippen LogP contribution < -0.4 is 11.3 Å². The maximum atomic E-state index is 5.96. The molecule has 96 valence electrons. The van der Waals surface area contributed by atoms with E-state index in [0.717, 1.165) is 17.4 Å². The summed E-state index contributed by atoms with van der Waals surface area (Å²) in [7, 11) is 0. The van der Waals surface area contributed by atoms with Gasteiger partial charge in [-0.25, -0.2) is 0 Å². The Morgan fingerprint density at radius 3 is 2.53 bits per heavy atom. The third kappa shape index (κ3) is 4.66. The number of nitrogens with two attached hydrogens (primary N) is 1. The van der Waals surface area contributed by atoms with Crippen LogP contribution in [0.15, 0.2) is 18.2 Å². The average Bonchev–Trinajstić information content (AvgIpc) is 2.25. The maximum Gasteiger partial charge on any atom is 0.0462 e. The van der Waals surface area contributed by atoms with Crippen molar-refractivity contribution in [3.8, 4) is 0 Å². The van der Waals surface area contributed by atoms with Crippen LogP contribution in [0.3, 0.4) is 0 Å². The second-order valence-electron chi connectivity index (χ2n) is 5.04. The average molecular weight is 255 g/mol. The Morgan fingerprint density at radius 2 is 2.00 bits per heavy atom. The van der Waals surface area contributed by atoms with Gasteiger partial charge in [0.25, 0.3) is 0 Å². The predicted molar refractivity (Wildman–Crippen MR) is 74.9 cm³/mol. The van der Waals surface area contributed by atoms with E-state index < -0.39 is 0 Å². The Labute approximate surface area is 110 Å². The molecule has 0 radical (unpaired) electrons. The summed E-state index contributed by atoms with van der Waals surface area (Å²) in [6.45, 7) is 6.57. The summed E-state index contributed by atoms with van der Waals surface area (Å²) in [6.07, 6.45) is 3.50. The van der Waals surface area contributed by atoms with Gasteiger partial charge in [-0.15, -0.1) is 0 Å². The van der Waals surface area contributed by atoms with Gasteiger partial charge in [0, 0.05) is 11.1 Å². The normalized spacial score (nSPS) is 13.1. The summed E-state index contributed by atoms with van der Waals surface area (Å²) in [5.41, 5.74) is 5.36. The smallest absolute Gasteiger partial charge is 0.0462 e. The molecule has 0 saturated heterocycles. The molecule has 3 N–H and O–H groups in total. The number of hydrogen-bond donors (Lipinski definition) is 2. The minimum atomic E-state index is 0.228. The first-order valence-corrected chi connectivity index (χ1v) is 6.64. The zero-order chi connectivity index (χ0) is 12.8. The molecule has 0 bridgehead atoms. The molecule has 3 heteroatoms. The number of nitrogens with one attached hydrogen (secondary N) is 1. The summed E-state index contributed by atoms with van der Waals surface area (Å²) in [5.74, 6) is 6.40. The van der Waals surface area contributed by atoms with E-state index in [0.29, 0.717) is 0 Å². The minimum Gasteiger partial charge on any atom is -0.271 e. The molecule has 0 heterocycles. The van der Waals surface area contributed by atoms with Crippen molar-refractivity contribution in [2.24, 2.45) is 11.8 Å². The molecule has 0 aliphatic heterocycles. The fraction of sp³-hybridized carbons (Fsp3) is 0.571. The lowest BCUT2D eigenvalue weighted by Crippen LogP contribution is -2.28. The summed E-state index contributed by atoms with van der Waals surface area (Å²) in [6, 6.07) is 6.21. The predicted octanol–water partition coefficient (Wildman–Crippen LogP) is 3.98. The van der Waals surface area contributed by atoms with Gasteiger partial charge < -0.3 is 0 Å². The third-order valence-electron chi connectivity index (χ3n) is 3.08. The highest BCUT2D eigenvalue weighted by atomic mass is 35.5. The second-order valence-corrected chi connectivity index (χ2v) is 5.48. The monoisotopic (exact) mass is 254 g/mol. The zero-order valence-electron chi connectivity index (χ0n) is 11.0. The Morgan fingerprint density at radius 1 is 1.29 bits per heavy atom. The van der Waals surface area contributed by atoms with Gasteiger partial charge in [-0.05, 0) is 42.5 Å². The number of halogens is 1. The van der Waals surface area contributed by atoms with Crippen LogP contribution in [0.4, 0.5) is 0 Å². The van der Waals surface area contributed by atoms with E-state index in [9.17, 15) is 0 Å². The van der Waals surface area contributed by atoms with Crippen molar-refractivity contribution < 1.29 is 0 Å². The van der Waals surface area contributed by atoms with Crippen LogP contribution in [0, 0.1) is 12.8 Å². The first-order valence-electron chi connectivity index (χ1n) is 6.26. The molecule has 0 aliphatic rings. The first kappa shape index (κ1) is 14.5. The molecule has 1 aromatic carbocycles. The van der Waals surface area contributed by atoms with E-state index in [1.165, 1.54) is 24.0 Å². The highest BCUT2D eigenvalue weighted by molar-refractivity contribution is 6.30. The molecule has 1 rings (SSSR count). The minimum absolute atomic E-state index is 0.228. The van der Waals surface area contributed by atoms with Gasteiger partial charge in [0.1, 0.15) is 0 Å². The summed E-state index contributed by atoms with van der Waals surface area (Å²) < 4.78 is 0. The molecule has 0 spiro atoms. The van der Waals surface area contributed by atoms with E-state index in [-0.39, 0.29) is 6.04 Å². The van der Waals surface area contributed by atoms with Crippen LogP contribution in [-0.4, -0.2) is 0 Å². The standard InChI is InChI=1S/C14H23ClN2/c1-10(2)5-4-6-14(17-16)13-8-7-12(15)9-11(13)3/h7-10,14,17H,4-6,16H2,1-3H3. The van der Waals surface area contributed by atoms with Crippen LogP contribution in [-0.2, 0) is 0 Å². The van der Waals surface area contributed by atoms with Gasteiger partial charge in [0.15, 0.2) is 0 Å². The van der Waals surface area contributed by atoms with Crippen molar-refractivity contribution in [2.75, 3.05) is 0 Å². The molecular formula is C14H23ClN2. The van der Waals surface area contributed by atoms with Gasteiger partial charge in [-0.2, -0.15) is 0 Å². The highest BCUT2D eigenvalue weighted by Crippen LogP contribution is 2.25. The number of rotatable bonds is 6. The maximum absolute atomic E-state index is 5.96. The zero-order valence-corrected chi connectivity index (χ0v) is 11.7. The number of aryl methyl sites for hydroxylation is 1. The number of hydrogen-bond acceptors (Lipinski definition) is 2. The molecule has 0 aromatic heterocycles. The molecule has 0 amide bonds. The number of hydrazine groups is 1. The largest absolute Gasteiger partial charge is 0.271 e. The van der Waals surface area contributed by atoms with Gasteiger partial charge in [0.05, 0.1) is 0 Å². The summed E-state index contributed by atoms with van der Waals surface area (Å²) >= 11 is 5.96. The molecule has 0 saturated carbocycles. The SMILES string of the molecule is Cc1cc(Cl)ccc1C(CCCC(C)C)NN. The van der Waals surface area contributed by atoms with Crippen LogP contribution in [0.2, 0.25) is 5.02 Å². The Balaban J connectivity index is 2.66. The third-order valence-corrected chi connectivity index (χ3v) is 3.32. The molecule has 0 fully saturated rings. The molecule has 1 unspecified atom stereocenters. The summed E-state index contributed by atoms with van der Waals surface area (Å²) in [4.78, 5) is 0. The van der Waals surface area contributed by atoms with E-state index >= 15 is 0 Å². The number of benzene rings is 1. The summed E-state index contributed by atoms with van der Waals surface area (Å²) in [5, 5.41) is 0.782. The molecule has 1 aromatic rings. The van der Waals surface area contributed by atoms with Crippen LogP contribution in [0.25, 0.3) is 0 Å². The van der Waals surface area contributed by atoms with E-state index in [1.54, 1.807) is 0 Å². The Bertz CT molecular complexity index is 350. The molecule has 2 nitrogen and oxygen atoms in total. The van der Waals surface area contributed by atoms with Gasteiger partial charge in [0.2, 0.25) is 0 Å². The fourth-order valence-corrected chi connectivity index (χ4v) is 2.32. The molecule has 1 atom stereocenters. The van der Waals surface area contributed by atoms with E-state index in [1.807, 2.05) is 12.1 Å². The van der Waals surface area contributed by atoms with Crippen molar-refractivity contribution >= 4 is 11.6 Å². The van der Waals surface area contributed by atoms with Crippen molar-refractivity contribution in [1.29, 1.82) is 0 Å². The van der Waals surface area contributed by atoms with Crippen molar-refractivity contribution in [2.45, 2.75) is 46.1 Å². The topological polar surface area (TPSA) is 38.0 Å². The molecular weight excluding hydrogens is 232 g/mol. The Hall–Kier alpha value is -0.570. The first-order chi connectivity index (χ1) is 8.04. The lowest BCUT2D eigenvalue weighted by atomic mass is 9.95. The fourth-order valence-electron chi connectivity index (χ4n) is 2.09. The van der Waals surface area contributed by atoms with Gasteiger partial charge >= 0.3 is 0 Å². The van der Waals surface area contributed by atoms with Crippen molar-refractivity contribution in [3.05, 3.63) is 34.3 Å². The lowest BCUT2D eigenvalue weighted by Gasteiger charge is -2.19. The molecule has 17 heavy (non-hydrogen) atoms. The highest BCUT2D eigenvalue weighted by Gasteiger charge is 2.12. The van der Waals surface area contributed by atoms with Gasteiger partial charge in [-0.1, -0.05) is 44.4 Å². The Kier molecular flexibility index (Phi) is 5.96. The van der Waals surface area contributed by atoms with Crippen LogP contribution in [0.5, 0.6) is 0 Å².